The van der Waals surface area contributed by atoms with Crippen LogP contribution in [0.25, 0.3) is 0 Å². The van der Waals surface area contributed by atoms with Crippen LogP contribution in [0, 0.1) is 6.92 Å². The minimum Gasteiger partial charge on any atom is -0.478 e. The third-order valence-corrected chi connectivity index (χ3v) is 2.26. The first-order valence-corrected chi connectivity index (χ1v) is 4.87. The van der Waals surface area contributed by atoms with Gasteiger partial charge in [-0.2, -0.15) is 0 Å². The Morgan fingerprint density at radius 2 is 1.81 bits per heavy atom. The molecule has 1 unspecified atom stereocenters. The van der Waals surface area contributed by atoms with Gasteiger partial charge in [0.1, 0.15) is 6.10 Å². The van der Waals surface area contributed by atoms with Crippen LogP contribution in [0.15, 0.2) is 23.3 Å². The summed E-state index contributed by atoms with van der Waals surface area (Å²) < 4.78 is 5.07. The van der Waals surface area contributed by atoms with Gasteiger partial charge in [-0.05, 0) is 39.7 Å². The molecule has 0 spiro atoms. The van der Waals surface area contributed by atoms with Crippen molar-refractivity contribution in [1.29, 1.82) is 0 Å². The first-order chi connectivity index (χ1) is 7.31. The van der Waals surface area contributed by atoms with Gasteiger partial charge in [-0.1, -0.05) is 6.58 Å². The van der Waals surface area contributed by atoms with E-state index >= 15 is 0 Å². The molecule has 0 bridgehead atoms. The van der Waals surface area contributed by atoms with Crippen molar-refractivity contribution in [2.24, 2.45) is 0 Å². The minimum atomic E-state index is -1.03. The summed E-state index contributed by atoms with van der Waals surface area (Å²) in [5, 5.41) is 8.80. The molecule has 0 saturated heterocycles. The van der Waals surface area contributed by atoms with E-state index in [-0.39, 0.29) is 17.6 Å². The number of aliphatic carboxylic acids is 1. The van der Waals surface area contributed by atoms with E-state index in [1.54, 1.807) is 6.92 Å². The van der Waals surface area contributed by atoms with Gasteiger partial charge in [0.2, 0.25) is 0 Å². The zero-order chi connectivity index (χ0) is 12.9. The molecule has 1 atom stereocenters. The molecule has 4 nitrogen and oxygen atoms in total. The molecule has 16 heavy (non-hydrogen) atoms. The number of carbonyl (C=O) groups excluding carboxylic acids is 1. The van der Waals surface area contributed by atoms with Crippen molar-refractivity contribution in [1.82, 2.24) is 0 Å². The maximum Gasteiger partial charge on any atom is 0.333 e. The van der Waals surface area contributed by atoms with Gasteiger partial charge < -0.3 is 9.84 Å². The Morgan fingerprint density at radius 3 is 2.12 bits per heavy atom. The van der Waals surface area contributed by atoms with Crippen LogP contribution in [0.4, 0.5) is 0 Å². The van der Waals surface area contributed by atoms with Crippen molar-refractivity contribution in [2.75, 3.05) is 0 Å². The van der Waals surface area contributed by atoms with Crippen molar-refractivity contribution in [2.45, 2.75) is 33.3 Å². The molecule has 0 saturated carbocycles. The summed E-state index contributed by atoms with van der Waals surface area (Å²) in [7, 11) is 0. The van der Waals surface area contributed by atoms with E-state index in [4.69, 9.17) is 9.84 Å². The Bertz CT molecular complexity index is 339. The monoisotopic (exact) mass is 225 g/mol. The number of esters is 1. The highest BCUT2D eigenvalue weighted by Gasteiger charge is 2.18. The molecule has 89 valence electrons. The average molecular weight is 225 g/mol. The Kier molecular flexibility index (Phi) is 5.50. The van der Waals surface area contributed by atoms with Crippen LogP contribution < -0.4 is 0 Å². The van der Waals surface area contributed by atoms with Gasteiger partial charge in [0, 0.05) is 11.1 Å². The predicted molar refractivity (Wildman–Crippen MR) is 60.7 cm³/mol. The molecule has 0 aromatic carbocycles. The number of carboxylic acids is 1. The summed E-state index contributed by atoms with van der Waals surface area (Å²) >= 11 is 0. The number of ether oxygens (including phenoxy) is 1. The lowest BCUT2D eigenvalue weighted by atomic mass is 10.0. The van der Waals surface area contributed by atoms with Crippen LogP contribution >= 0.6 is 0 Å². The molecule has 0 aromatic rings. The third-order valence-electron chi connectivity index (χ3n) is 2.26. The first kappa shape index (κ1) is 14.4. The molecular formula is C12H17O4. The van der Waals surface area contributed by atoms with Crippen molar-refractivity contribution >= 4 is 11.9 Å². The lowest BCUT2D eigenvalue weighted by molar-refractivity contribution is -0.143. The molecule has 0 aliphatic heterocycles. The molecule has 1 N–H and O–H groups in total. The highest BCUT2D eigenvalue weighted by Crippen LogP contribution is 2.16. The van der Waals surface area contributed by atoms with Crippen LogP contribution in [0.3, 0.4) is 0 Å². The zero-order valence-corrected chi connectivity index (χ0v) is 9.87. The smallest absolute Gasteiger partial charge is 0.333 e. The van der Waals surface area contributed by atoms with Gasteiger partial charge >= 0.3 is 11.9 Å². The Labute approximate surface area is 95.6 Å². The molecule has 0 amide bonds. The van der Waals surface area contributed by atoms with Crippen molar-refractivity contribution in [3.8, 4) is 0 Å². The van der Waals surface area contributed by atoms with E-state index in [0.717, 1.165) is 0 Å². The fraction of sp³-hybridized carbons (Fsp3) is 0.417. The number of hydrogen-bond acceptors (Lipinski definition) is 3. The van der Waals surface area contributed by atoms with Crippen molar-refractivity contribution in [3.63, 3.8) is 0 Å². The van der Waals surface area contributed by atoms with Crippen LogP contribution in [0.1, 0.15) is 27.2 Å². The van der Waals surface area contributed by atoms with Crippen LogP contribution in [-0.2, 0) is 14.3 Å². The Balaban J connectivity index is 4.88. The molecule has 0 aromatic heterocycles. The largest absolute Gasteiger partial charge is 0.478 e. The molecule has 4 heteroatoms. The number of carbonyl (C=O) groups is 2. The molecule has 0 heterocycles. The van der Waals surface area contributed by atoms with Gasteiger partial charge in [-0.25, -0.2) is 9.59 Å². The van der Waals surface area contributed by atoms with Gasteiger partial charge in [0.25, 0.3) is 0 Å². The van der Waals surface area contributed by atoms with E-state index < -0.39 is 18.0 Å². The van der Waals surface area contributed by atoms with E-state index in [1.165, 1.54) is 13.8 Å². The highest BCUT2D eigenvalue weighted by molar-refractivity contribution is 5.88. The van der Waals surface area contributed by atoms with E-state index in [9.17, 15) is 9.59 Å². The number of carboxylic acid groups (broad SMARTS) is 1. The predicted octanol–water partition coefficient (Wildman–Crippen LogP) is 2.12. The summed E-state index contributed by atoms with van der Waals surface area (Å²) in [6.07, 6.45) is -0.324. The van der Waals surface area contributed by atoms with E-state index in [0.29, 0.717) is 5.57 Å². The van der Waals surface area contributed by atoms with Gasteiger partial charge in [0.15, 0.2) is 0 Å². The van der Waals surface area contributed by atoms with Crippen molar-refractivity contribution < 1.29 is 19.4 Å². The summed E-state index contributed by atoms with van der Waals surface area (Å²) in [5.74, 6) is -1.56. The normalized spacial score (nSPS) is 13.8. The lowest BCUT2D eigenvalue weighted by Crippen LogP contribution is -2.21. The quantitative estimate of drug-likeness (QED) is 0.575. The Hall–Kier alpha value is -1.58. The third kappa shape index (κ3) is 3.88. The second-order valence-electron chi connectivity index (χ2n) is 3.58. The average Bonchev–Trinajstić information content (AvgIpc) is 2.22. The van der Waals surface area contributed by atoms with Crippen LogP contribution in [0.5, 0.6) is 0 Å². The minimum absolute atomic E-state index is 0.170. The maximum absolute atomic E-state index is 11.3. The maximum atomic E-state index is 11.3. The summed E-state index contributed by atoms with van der Waals surface area (Å²) in [5.41, 5.74) is 0.944. The lowest BCUT2D eigenvalue weighted by Gasteiger charge is -2.18. The van der Waals surface area contributed by atoms with Gasteiger partial charge in [-0.15, -0.1) is 0 Å². The standard InChI is InChI=1S/C12H17O4/c1-6-10(16-12(15)7(2)3)8(4)9(5)11(13)14/h10H,1-2,6H2,3-5H3,(H,13,14). The van der Waals surface area contributed by atoms with E-state index in [1.807, 2.05) is 0 Å². The number of hydrogen-bond donors (Lipinski definition) is 1. The van der Waals surface area contributed by atoms with Gasteiger partial charge in [0.05, 0.1) is 0 Å². The fourth-order valence-corrected chi connectivity index (χ4v) is 1.00. The van der Waals surface area contributed by atoms with Crippen LogP contribution in [0.2, 0.25) is 0 Å². The molecule has 1 radical (unpaired) electrons. The topological polar surface area (TPSA) is 63.6 Å². The highest BCUT2D eigenvalue weighted by atomic mass is 16.5. The Morgan fingerprint density at radius 1 is 1.31 bits per heavy atom. The molecule has 0 fully saturated rings. The van der Waals surface area contributed by atoms with Gasteiger partial charge in [-0.3, -0.25) is 0 Å². The summed E-state index contributed by atoms with van der Waals surface area (Å²) in [6.45, 7) is 11.7. The second kappa shape index (κ2) is 6.10. The first-order valence-electron chi connectivity index (χ1n) is 4.87. The van der Waals surface area contributed by atoms with Crippen LogP contribution in [-0.4, -0.2) is 23.1 Å². The summed E-state index contributed by atoms with van der Waals surface area (Å²) in [4.78, 5) is 22.0. The zero-order valence-electron chi connectivity index (χ0n) is 9.87. The molecule has 0 aliphatic rings. The molecule has 0 rings (SSSR count). The van der Waals surface area contributed by atoms with Crippen molar-refractivity contribution in [3.05, 3.63) is 30.2 Å². The summed E-state index contributed by atoms with van der Waals surface area (Å²) in [6, 6.07) is 0. The van der Waals surface area contributed by atoms with E-state index in [2.05, 4.69) is 13.5 Å². The molecular weight excluding hydrogens is 208 g/mol. The molecule has 0 aliphatic carbocycles. The SMILES string of the molecule is [CH2]CC(OC(=O)C(=C)C)C(C)=C(C)C(=O)O. The second-order valence-corrected chi connectivity index (χ2v) is 3.58. The number of rotatable bonds is 5. The fourth-order valence-electron chi connectivity index (χ4n) is 1.00.